The molecule has 1 aliphatic heterocycles. The predicted molar refractivity (Wildman–Crippen MR) is 64.3 cm³/mol. The minimum atomic E-state index is -4.39. The van der Waals surface area contributed by atoms with Crippen LogP contribution < -0.4 is 0 Å². The highest BCUT2D eigenvalue weighted by Crippen LogP contribution is 2.30. The summed E-state index contributed by atoms with van der Waals surface area (Å²) in [6.45, 7) is 0.694. The minimum Gasteiger partial charge on any atom is -0.372 e. The standard InChI is InChI=1S/C13H12F3N3O/c14-13(15,16)9-3-5-17-12(8-9)19-6-4-10(18-19)11-2-1-7-20-11/h3-6,8,11H,1-2,7H2. The molecule has 4 nitrogen and oxygen atoms in total. The van der Waals surface area contributed by atoms with E-state index in [-0.39, 0.29) is 11.9 Å². The third-order valence-electron chi connectivity index (χ3n) is 3.18. The average Bonchev–Trinajstić information content (AvgIpc) is 3.09. The van der Waals surface area contributed by atoms with Crippen LogP contribution in [0, 0.1) is 0 Å². The number of nitrogens with zero attached hydrogens (tertiary/aromatic N) is 3. The first kappa shape index (κ1) is 13.1. The van der Waals surface area contributed by atoms with Gasteiger partial charge in [0.2, 0.25) is 0 Å². The van der Waals surface area contributed by atoms with Crippen LogP contribution in [0.25, 0.3) is 5.82 Å². The largest absolute Gasteiger partial charge is 0.416 e. The Kier molecular flexibility index (Phi) is 3.21. The first-order valence-corrected chi connectivity index (χ1v) is 6.25. The van der Waals surface area contributed by atoms with Gasteiger partial charge in [-0.2, -0.15) is 18.3 Å². The van der Waals surface area contributed by atoms with E-state index in [0.29, 0.717) is 6.61 Å². The number of halogens is 3. The molecule has 3 heterocycles. The number of alkyl halides is 3. The lowest BCUT2D eigenvalue weighted by atomic mass is 10.2. The normalized spacial score (nSPS) is 19.4. The zero-order chi connectivity index (χ0) is 14.2. The number of aromatic nitrogens is 3. The zero-order valence-electron chi connectivity index (χ0n) is 10.5. The maximum Gasteiger partial charge on any atom is 0.416 e. The van der Waals surface area contributed by atoms with Crippen LogP contribution in [0.4, 0.5) is 13.2 Å². The molecule has 0 bridgehead atoms. The molecule has 1 aliphatic rings. The number of ether oxygens (including phenoxy) is 1. The Balaban J connectivity index is 1.89. The number of pyridine rings is 1. The Bertz CT molecular complexity index is 603. The van der Waals surface area contributed by atoms with Gasteiger partial charge < -0.3 is 4.74 Å². The number of hydrogen-bond donors (Lipinski definition) is 0. The van der Waals surface area contributed by atoms with Gasteiger partial charge in [0.15, 0.2) is 5.82 Å². The zero-order valence-corrected chi connectivity index (χ0v) is 10.5. The molecule has 1 atom stereocenters. The van der Waals surface area contributed by atoms with Crippen LogP contribution in [0.5, 0.6) is 0 Å². The van der Waals surface area contributed by atoms with Crippen LogP contribution >= 0.6 is 0 Å². The third kappa shape index (κ3) is 2.53. The van der Waals surface area contributed by atoms with Gasteiger partial charge in [0, 0.05) is 19.0 Å². The Morgan fingerprint density at radius 1 is 1.30 bits per heavy atom. The van der Waals surface area contributed by atoms with Gasteiger partial charge in [-0.3, -0.25) is 0 Å². The molecule has 0 amide bonds. The Labute approximate surface area is 113 Å². The van der Waals surface area contributed by atoms with Crippen molar-refractivity contribution in [1.29, 1.82) is 0 Å². The summed E-state index contributed by atoms with van der Waals surface area (Å²) < 4.78 is 44.8. The van der Waals surface area contributed by atoms with Gasteiger partial charge in [-0.05, 0) is 31.0 Å². The van der Waals surface area contributed by atoms with E-state index in [1.165, 1.54) is 4.68 Å². The molecular weight excluding hydrogens is 271 g/mol. The van der Waals surface area contributed by atoms with Crippen LogP contribution in [0.3, 0.4) is 0 Å². The van der Waals surface area contributed by atoms with Crippen LogP contribution in [-0.2, 0) is 10.9 Å². The highest BCUT2D eigenvalue weighted by atomic mass is 19.4. The molecule has 1 unspecified atom stereocenters. The Morgan fingerprint density at radius 2 is 2.15 bits per heavy atom. The second-order valence-electron chi connectivity index (χ2n) is 4.59. The lowest BCUT2D eigenvalue weighted by Crippen LogP contribution is -2.08. The van der Waals surface area contributed by atoms with Crippen molar-refractivity contribution in [3.8, 4) is 5.82 Å². The fraction of sp³-hybridized carbons (Fsp3) is 0.385. The summed E-state index contributed by atoms with van der Waals surface area (Å²) in [6, 6.07) is 3.66. The van der Waals surface area contributed by atoms with Gasteiger partial charge >= 0.3 is 6.18 Å². The lowest BCUT2D eigenvalue weighted by molar-refractivity contribution is -0.137. The van der Waals surface area contributed by atoms with Gasteiger partial charge in [0.25, 0.3) is 0 Å². The first-order chi connectivity index (χ1) is 9.54. The van der Waals surface area contributed by atoms with Crippen molar-refractivity contribution in [3.63, 3.8) is 0 Å². The molecule has 20 heavy (non-hydrogen) atoms. The van der Waals surface area contributed by atoms with E-state index in [1.807, 2.05) is 0 Å². The van der Waals surface area contributed by atoms with Gasteiger partial charge in [-0.25, -0.2) is 9.67 Å². The molecule has 1 saturated heterocycles. The van der Waals surface area contributed by atoms with Crippen molar-refractivity contribution in [2.45, 2.75) is 25.1 Å². The summed E-state index contributed by atoms with van der Waals surface area (Å²) in [7, 11) is 0. The Hall–Kier alpha value is -1.89. The van der Waals surface area contributed by atoms with Gasteiger partial charge in [-0.15, -0.1) is 0 Å². The molecule has 0 spiro atoms. The van der Waals surface area contributed by atoms with Crippen LogP contribution in [0.1, 0.15) is 30.2 Å². The fourth-order valence-corrected chi connectivity index (χ4v) is 2.17. The number of rotatable bonds is 2. The summed E-state index contributed by atoms with van der Waals surface area (Å²) in [5.41, 5.74) is -0.0154. The lowest BCUT2D eigenvalue weighted by Gasteiger charge is -2.08. The van der Waals surface area contributed by atoms with Gasteiger partial charge in [-0.1, -0.05) is 0 Å². The molecule has 7 heteroatoms. The highest BCUT2D eigenvalue weighted by molar-refractivity contribution is 5.29. The summed E-state index contributed by atoms with van der Waals surface area (Å²) in [5, 5.41) is 4.25. The molecule has 0 N–H and O–H groups in total. The van der Waals surface area contributed by atoms with E-state index in [4.69, 9.17) is 4.74 Å². The molecule has 2 aromatic rings. The van der Waals surface area contributed by atoms with Crippen molar-refractivity contribution in [3.05, 3.63) is 41.9 Å². The van der Waals surface area contributed by atoms with Crippen molar-refractivity contribution in [2.24, 2.45) is 0 Å². The topological polar surface area (TPSA) is 39.9 Å². The molecular formula is C13H12F3N3O. The van der Waals surface area contributed by atoms with E-state index in [9.17, 15) is 13.2 Å². The maximum atomic E-state index is 12.7. The summed E-state index contributed by atoms with van der Waals surface area (Å²) in [5.74, 6) is 0.143. The average molecular weight is 283 g/mol. The van der Waals surface area contributed by atoms with Crippen LogP contribution in [0.2, 0.25) is 0 Å². The number of hydrogen-bond acceptors (Lipinski definition) is 3. The van der Waals surface area contributed by atoms with Crippen LogP contribution in [0.15, 0.2) is 30.6 Å². The molecule has 0 aliphatic carbocycles. The van der Waals surface area contributed by atoms with Crippen molar-refractivity contribution in [1.82, 2.24) is 14.8 Å². The van der Waals surface area contributed by atoms with Crippen LogP contribution in [-0.4, -0.2) is 21.4 Å². The predicted octanol–water partition coefficient (Wildman–Crippen LogP) is 3.14. The molecule has 0 saturated carbocycles. The van der Waals surface area contributed by atoms with Crippen molar-refractivity contribution >= 4 is 0 Å². The second kappa shape index (κ2) is 4.90. The monoisotopic (exact) mass is 283 g/mol. The molecule has 0 radical (unpaired) electrons. The van der Waals surface area contributed by atoms with Crippen molar-refractivity contribution < 1.29 is 17.9 Å². The van der Waals surface area contributed by atoms with E-state index in [1.54, 1.807) is 12.3 Å². The smallest absolute Gasteiger partial charge is 0.372 e. The van der Waals surface area contributed by atoms with E-state index >= 15 is 0 Å². The van der Waals surface area contributed by atoms with Gasteiger partial charge in [0.1, 0.15) is 6.10 Å². The maximum absolute atomic E-state index is 12.7. The first-order valence-electron chi connectivity index (χ1n) is 6.25. The molecule has 3 rings (SSSR count). The Morgan fingerprint density at radius 3 is 2.85 bits per heavy atom. The third-order valence-corrected chi connectivity index (χ3v) is 3.18. The molecule has 0 aromatic carbocycles. The van der Waals surface area contributed by atoms with E-state index < -0.39 is 11.7 Å². The van der Waals surface area contributed by atoms with Crippen molar-refractivity contribution in [2.75, 3.05) is 6.61 Å². The highest BCUT2D eigenvalue weighted by Gasteiger charge is 2.31. The van der Waals surface area contributed by atoms with E-state index in [0.717, 1.165) is 36.9 Å². The SMILES string of the molecule is FC(F)(F)c1ccnc(-n2ccc(C3CCCO3)n2)c1. The molecule has 106 valence electrons. The second-order valence-corrected chi connectivity index (χ2v) is 4.59. The molecule has 1 fully saturated rings. The summed E-state index contributed by atoms with van der Waals surface area (Å²) >= 11 is 0. The fourth-order valence-electron chi connectivity index (χ4n) is 2.17. The summed E-state index contributed by atoms with van der Waals surface area (Å²) in [6.07, 6.45) is 0.127. The molecule has 2 aromatic heterocycles. The minimum absolute atomic E-state index is 0.0675. The van der Waals surface area contributed by atoms with Gasteiger partial charge in [0.05, 0.1) is 11.3 Å². The quantitative estimate of drug-likeness (QED) is 0.850. The summed E-state index contributed by atoms with van der Waals surface area (Å²) in [4.78, 5) is 3.92. The van der Waals surface area contributed by atoms with E-state index in [2.05, 4.69) is 10.1 Å².